The summed E-state index contributed by atoms with van der Waals surface area (Å²) in [6.45, 7) is 1.50. The van der Waals surface area contributed by atoms with Crippen LogP contribution in [0.4, 0.5) is 14.6 Å². The quantitative estimate of drug-likeness (QED) is 0.689. The normalized spacial score (nSPS) is 10.4. The molecule has 1 aromatic heterocycles. The summed E-state index contributed by atoms with van der Waals surface area (Å²) in [7, 11) is 0. The molecule has 0 aliphatic heterocycles. The van der Waals surface area contributed by atoms with Gasteiger partial charge in [-0.3, -0.25) is 0 Å². The molecule has 0 radical (unpaired) electrons. The highest BCUT2D eigenvalue weighted by Crippen LogP contribution is 2.27. The largest absolute Gasteiger partial charge is 0.381 e. The Morgan fingerprint density at radius 3 is 2.69 bits per heavy atom. The molecular formula is C12H8F2N2. The zero-order chi connectivity index (χ0) is 11.9. The number of rotatable bonds is 0. The molecule has 0 aliphatic carbocycles. The number of pyridine rings is 1. The van der Waals surface area contributed by atoms with Gasteiger partial charge in [0, 0.05) is 5.39 Å². The number of aromatic nitrogens is 1. The standard InChI is InChI=1S/C12H8F2N2/c1-3-7-8(13)4-5-9-10(7)6(2)11(14)12(15)16-9/h1,4-5H,2H3,(H2,15,16). The Morgan fingerprint density at radius 1 is 1.38 bits per heavy atom. The summed E-state index contributed by atoms with van der Waals surface area (Å²) in [5.41, 5.74) is 6.01. The molecule has 0 saturated carbocycles. The van der Waals surface area contributed by atoms with Crippen LogP contribution in [0.25, 0.3) is 10.9 Å². The fourth-order valence-corrected chi connectivity index (χ4v) is 1.66. The van der Waals surface area contributed by atoms with Crippen molar-refractivity contribution < 1.29 is 8.78 Å². The third kappa shape index (κ3) is 1.29. The van der Waals surface area contributed by atoms with Crippen LogP contribution >= 0.6 is 0 Å². The van der Waals surface area contributed by atoms with Crippen LogP contribution in [0.15, 0.2) is 12.1 Å². The maximum atomic E-state index is 13.5. The fraction of sp³-hybridized carbons (Fsp3) is 0.0833. The van der Waals surface area contributed by atoms with Crippen molar-refractivity contribution in [2.24, 2.45) is 0 Å². The molecule has 1 aromatic carbocycles. The summed E-state index contributed by atoms with van der Waals surface area (Å²) in [5.74, 6) is 0.771. The van der Waals surface area contributed by atoms with Gasteiger partial charge in [-0.1, -0.05) is 5.92 Å². The van der Waals surface area contributed by atoms with Gasteiger partial charge in [-0.2, -0.15) is 0 Å². The Kier molecular flexibility index (Phi) is 2.24. The van der Waals surface area contributed by atoms with Gasteiger partial charge in [-0.05, 0) is 24.6 Å². The Balaban J connectivity index is 3.05. The number of anilines is 1. The molecule has 80 valence electrons. The molecule has 16 heavy (non-hydrogen) atoms. The van der Waals surface area contributed by atoms with E-state index in [1.165, 1.54) is 19.1 Å². The third-order valence-corrected chi connectivity index (χ3v) is 2.45. The minimum atomic E-state index is -0.658. The molecule has 2 nitrogen and oxygen atoms in total. The van der Waals surface area contributed by atoms with Crippen molar-refractivity contribution in [2.45, 2.75) is 6.92 Å². The predicted octanol–water partition coefficient (Wildman–Crippen LogP) is 2.38. The lowest BCUT2D eigenvalue weighted by atomic mass is 10.0. The van der Waals surface area contributed by atoms with Gasteiger partial charge in [0.05, 0.1) is 11.1 Å². The number of nitrogen functional groups attached to an aromatic ring is 1. The molecule has 0 bridgehead atoms. The average Bonchev–Trinajstić information content (AvgIpc) is 2.27. The molecule has 2 aromatic rings. The first-order valence-corrected chi connectivity index (χ1v) is 4.56. The van der Waals surface area contributed by atoms with Gasteiger partial charge in [0.25, 0.3) is 0 Å². The van der Waals surface area contributed by atoms with E-state index in [0.29, 0.717) is 10.9 Å². The molecule has 0 saturated heterocycles. The number of aryl methyl sites for hydroxylation is 1. The van der Waals surface area contributed by atoms with Gasteiger partial charge in [-0.25, -0.2) is 13.8 Å². The van der Waals surface area contributed by atoms with Gasteiger partial charge >= 0.3 is 0 Å². The van der Waals surface area contributed by atoms with E-state index in [4.69, 9.17) is 12.2 Å². The second kappa shape index (κ2) is 3.46. The summed E-state index contributed by atoms with van der Waals surface area (Å²) in [6.07, 6.45) is 5.20. The van der Waals surface area contributed by atoms with E-state index in [0.717, 1.165) is 0 Å². The van der Waals surface area contributed by atoms with Crippen LogP contribution in [0.2, 0.25) is 0 Å². The Hall–Kier alpha value is -2.15. The molecule has 2 rings (SSSR count). The first-order valence-electron chi connectivity index (χ1n) is 4.56. The van der Waals surface area contributed by atoms with Crippen molar-refractivity contribution in [1.29, 1.82) is 0 Å². The Morgan fingerprint density at radius 2 is 2.06 bits per heavy atom. The minimum Gasteiger partial charge on any atom is -0.381 e. The number of fused-ring (bicyclic) bond motifs is 1. The van der Waals surface area contributed by atoms with Crippen molar-refractivity contribution in [1.82, 2.24) is 4.98 Å². The van der Waals surface area contributed by atoms with Crippen molar-refractivity contribution in [3.05, 3.63) is 34.9 Å². The Labute approximate surface area is 91.1 Å². The highest BCUT2D eigenvalue weighted by molar-refractivity contribution is 5.89. The summed E-state index contributed by atoms with van der Waals surface area (Å²) in [6, 6.07) is 2.62. The number of nitrogens with zero attached hydrogens (tertiary/aromatic N) is 1. The van der Waals surface area contributed by atoms with E-state index >= 15 is 0 Å². The van der Waals surface area contributed by atoms with Crippen LogP contribution in [0.1, 0.15) is 11.1 Å². The van der Waals surface area contributed by atoms with Crippen molar-refractivity contribution in [2.75, 3.05) is 5.73 Å². The lowest BCUT2D eigenvalue weighted by Gasteiger charge is -2.08. The molecule has 1 heterocycles. The van der Waals surface area contributed by atoms with Gasteiger partial charge in [-0.15, -0.1) is 6.42 Å². The number of nitrogens with two attached hydrogens (primary N) is 1. The van der Waals surface area contributed by atoms with Gasteiger partial charge in [0.15, 0.2) is 11.6 Å². The van der Waals surface area contributed by atoms with E-state index < -0.39 is 11.6 Å². The van der Waals surface area contributed by atoms with Crippen LogP contribution in [0.5, 0.6) is 0 Å². The van der Waals surface area contributed by atoms with Gasteiger partial charge in [0.2, 0.25) is 0 Å². The Bertz CT molecular complexity index is 627. The lowest BCUT2D eigenvalue weighted by Crippen LogP contribution is -2.01. The average molecular weight is 218 g/mol. The molecule has 2 N–H and O–H groups in total. The predicted molar refractivity (Wildman–Crippen MR) is 58.7 cm³/mol. The highest BCUT2D eigenvalue weighted by Gasteiger charge is 2.14. The molecule has 0 amide bonds. The van der Waals surface area contributed by atoms with Crippen LogP contribution in [-0.2, 0) is 0 Å². The number of benzene rings is 1. The second-order valence-corrected chi connectivity index (χ2v) is 3.40. The van der Waals surface area contributed by atoms with Crippen LogP contribution in [0, 0.1) is 30.9 Å². The molecule has 0 fully saturated rings. The monoisotopic (exact) mass is 218 g/mol. The first kappa shape index (κ1) is 10.4. The molecular weight excluding hydrogens is 210 g/mol. The summed E-state index contributed by atoms with van der Waals surface area (Å²) < 4.78 is 26.9. The SMILES string of the molecule is C#Cc1c(F)ccc2nc(N)c(F)c(C)c12. The van der Waals surface area contributed by atoms with Crippen molar-refractivity contribution >= 4 is 16.7 Å². The van der Waals surface area contributed by atoms with E-state index in [-0.39, 0.29) is 16.9 Å². The maximum absolute atomic E-state index is 13.5. The van der Waals surface area contributed by atoms with E-state index in [9.17, 15) is 8.78 Å². The van der Waals surface area contributed by atoms with E-state index in [1.807, 2.05) is 0 Å². The summed E-state index contributed by atoms with van der Waals surface area (Å²) in [5, 5.41) is 0.300. The minimum absolute atomic E-state index is 0.0152. The molecule has 0 unspecified atom stereocenters. The van der Waals surface area contributed by atoms with Crippen molar-refractivity contribution in [3.63, 3.8) is 0 Å². The zero-order valence-electron chi connectivity index (χ0n) is 8.51. The van der Waals surface area contributed by atoms with Crippen LogP contribution in [-0.4, -0.2) is 4.98 Å². The van der Waals surface area contributed by atoms with Gasteiger partial charge < -0.3 is 5.73 Å². The van der Waals surface area contributed by atoms with Crippen molar-refractivity contribution in [3.8, 4) is 12.3 Å². The number of terminal acetylenes is 1. The van der Waals surface area contributed by atoms with Crippen LogP contribution < -0.4 is 5.73 Å². The molecule has 4 heteroatoms. The molecule has 0 aliphatic rings. The number of hydrogen-bond acceptors (Lipinski definition) is 2. The molecule has 0 spiro atoms. The summed E-state index contributed by atoms with van der Waals surface area (Å²) in [4.78, 5) is 3.83. The summed E-state index contributed by atoms with van der Waals surface area (Å²) >= 11 is 0. The first-order chi connectivity index (χ1) is 7.56. The maximum Gasteiger partial charge on any atom is 0.168 e. The lowest BCUT2D eigenvalue weighted by molar-refractivity contribution is 0.617. The highest BCUT2D eigenvalue weighted by atomic mass is 19.1. The van der Waals surface area contributed by atoms with E-state index in [1.54, 1.807) is 0 Å². The second-order valence-electron chi connectivity index (χ2n) is 3.40. The smallest absolute Gasteiger partial charge is 0.168 e. The fourth-order valence-electron chi connectivity index (χ4n) is 1.66. The zero-order valence-corrected chi connectivity index (χ0v) is 8.51. The van der Waals surface area contributed by atoms with Crippen LogP contribution in [0.3, 0.4) is 0 Å². The molecule has 0 atom stereocenters. The van der Waals surface area contributed by atoms with Gasteiger partial charge in [0.1, 0.15) is 5.82 Å². The number of hydrogen-bond donors (Lipinski definition) is 1. The van der Waals surface area contributed by atoms with E-state index in [2.05, 4.69) is 10.9 Å². The third-order valence-electron chi connectivity index (χ3n) is 2.45. The number of halogens is 2. The topological polar surface area (TPSA) is 38.9 Å².